The van der Waals surface area contributed by atoms with Crippen LogP contribution < -0.4 is 0 Å². The molecule has 0 radical (unpaired) electrons. The Morgan fingerprint density at radius 1 is 1.43 bits per heavy atom. The van der Waals surface area contributed by atoms with Gasteiger partial charge in [-0.2, -0.15) is 13.2 Å². The maximum atomic E-state index is 11.9. The summed E-state index contributed by atoms with van der Waals surface area (Å²) in [4.78, 5) is 21.4. The van der Waals surface area contributed by atoms with E-state index in [1.165, 1.54) is 6.92 Å². The largest absolute Gasteiger partial charge is 0.480 e. The summed E-state index contributed by atoms with van der Waals surface area (Å²) in [5.74, 6) is -3.91. The highest BCUT2D eigenvalue weighted by atomic mass is 19.4. The van der Waals surface area contributed by atoms with E-state index in [0.717, 1.165) is 0 Å². The van der Waals surface area contributed by atoms with Crippen LogP contribution in [0.25, 0.3) is 0 Å². The third-order valence-corrected chi connectivity index (χ3v) is 2.12. The summed E-state index contributed by atoms with van der Waals surface area (Å²) in [6.45, 7) is 1.33. The van der Waals surface area contributed by atoms with Crippen LogP contribution in [0.1, 0.15) is 6.92 Å². The lowest BCUT2D eigenvalue weighted by molar-refractivity contribution is -0.199. The molecule has 2 atom stereocenters. The Bertz CT molecular complexity index is 276. The molecule has 4 nitrogen and oxygen atoms in total. The lowest BCUT2D eigenvalue weighted by Crippen LogP contribution is -2.63. The number of carboxylic acids is 1. The zero-order valence-corrected chi connectivity index (χ0v) is 7.21. The number of carbonyl (C=O) groups is 2. The van der Waals surface area contributed by atoms with Gasteiger partial charge in [0.15, 0.2) is 0 Å². The van der Waals surface area contributed by atoms with Gasteiger partial charge in [-0.15, -0.1) is 0 Å². The molecule has 1 heterocycles. The molecule has 7 heteroatoms. The van der Waals surface area contributed by atoms with Gasteiger partial charge in [-0.1, -0.05) is 6.92 Å². The first kappa shape index (κ1) is 10.8. The van der Waals surface area contributed by atoms with Gasteiger partial charge in [-0.25, -0.2) is 4.79 Å². The Morgan fingerprint density at radius 3 is 2.21 bits per heavy atom. The molecule has 1 aliphatic rings. The molecular formula is C7H8F3NO3. The number of amides is 1. The predicted molar refractivity (Wildman–Crippen MR) is 38.4 cm³/mol. The number of carboxylic acid groups (broad SMARTS) is 1. The van der Waals surface area contributed by atoms with Gasteiger partial charge in [0.1, 0.15) is 6.04 Å². The van der Waals surface area contributed by atoms with Crippen LogP contribution in [0, 0.1) is 5.92 Å². The van der Waals surface area contributed by atoms with Crippen molar-refractivity contribution >= 4 is 11.9 Å². The van der Waals surface area contributed by atoms with Crippen LogP contribution in [-0.4, -0.2) is 40.6 Å². The minimum Gasteiger partial charge on any atom is -0.480 e. The van der Waals surface area contributed by atoms with Crippen molar-refractivity contribution in [3.8, 4) is 0 Å². The number of carbonyl (C=O) groups excluding carboxylic acids is 1. The Morgan fingerprint density at radius 2 is 1.93 bits per heavy atom. The summed E-state index contributed by atoms with van der Waals surface area (Å²) in [6.07, 6.45) is -4.99. The standard InChI is InChI=1S/C7H8F3NO3/c1-3-2-11(4(3)5(12)13)6(14)7(8,9)10/h3-4H,2H2,1H3,(H,12,13). The van der Waals surface area contributed by atoms with E-state index in [1.54, 1.807) is 0 Å². The van der Waals surface area contributed by atoms with Crippen LogP contribution in [0.15, 0.2) is 0 Å². The molecular weight excluding hydrogens is 203 g/mol. The molecule has 0 aromatic carbocycles. The fourth-order valence-corrected chi connectivity index (χ4v) is 1.44. The van der Waals surface area contributed by atoms with Crippen LogP contribution in [0.5, 0.6) is 0 Å². The van der Waals surface area contributed by atoms with Crippen LogP contribution in [0.2, 0.25) is 0 Å². The van der Waals surface area contributed by atoms with Gasteiger partial charge in [0.25, 0.3) is 0 Å². The first-order valence-electron chi connectivity index (χ1n) is 3.85. The van der Waals surface area contributed by atoms with Crippen molar-refractivity contribution in [2.45, 2.75) is 19.1 Å². The van der Waals surface area contributed by atoms with Gasteiger partial charge in [0.2, 0.25) is 0 Å². The fourth-order valence-electron chi connectivity index (χ4n) is 1.44. The molecule has 0 aromatic heterocycles. The van der Waals surface area contributed by atoms with Crippen molar-refractivity contribution in [2.24, 2.45) is 5.92 Å². The maximum Gasteiger partial charge on any atom is 0.471 e. The van der Waals surface area contributed by atoms with E-state index < -0.39 is 30.0 Å². The van der Waals surface area contributed by atoms with Crippen LogP contribution in [-0.2, 0) is 9.59 Å². The number of hydrogen-bond donors (Lipinski definition) is 1. The summed E-state index contributed by atoms with van der Waals surface area (Å²) in [7, 11) is 0. The van der Waals surface area contributed by atoms with Crippen LogP contribution in [0.4, 0.5) is 13.2 Å². The summed E-state index contributed by atoms with van der Waals surface area (Å²) >= 11 is 0. The predicted octanol–water partition coefficient (Wildman–Crippen LogP) is 0.480. The van der Waals surface area contributed by atoms with E-state index in [4.69, 9.17) is 5.11 Å². The van der Waals surface area contributed by atoms with Gasteiger partial charge in [0, 0.05) is 12.5 Å². The third kappa shape index (κ3) is 1.66. The molecule has 14 heavy (non-hydrogen) atoms. The van der Waals surface area contributed by atoms with Crippen molar-refractivity contribution < 1.29 is 27.9 Å². The lowest BCUT2D eigenvalue weighted by Gasteiger charge is -2.43. The average molecular weight is 211 g/mol. The smallest absolute Gasteiger partial charge is 0.471 e. The Balaban J connectivity index is 2.73. The number of hydrogen-bond acceptors (Lipinski definition) is 2. The molecule has 0 aliphatic carbocycles. The highest BCUT2D eigenvalue weighted by Gasteiger charge is 2.52. The number of aliphatic carboxylic acids is 1. The molecule has 1 amide bonds. The molecule has 0 saturated carbocycles. The first-order valence-corrected chi connectivity index (χ1v) is 3.85. The second kappa shape index (κ2) is 3.14. The van der Waals surface area contributed by atoms with Gasteiger partial charge in [0.05, 0.1) is 0 Å². The Kier molecular flexibility index (Phi) is 2.43. The Labute approximate surface area is 77.3 Å². The molecule has 0 aromatic rings. The van der Waals surface area contributed by atoms with Gasteiger partial charge in [-0.3, -0.25) is 4.79 Å². The first-order chi connectivity index (χ1) is 6.25. The van der Waals surface area contributed by atoms with Crippen LogP contribution in [0.3, 0.4) is 0 Å². The van der Waals surface area contributed by atoms with Crippen molar-refractivity contribution in [1.29, 1.82) is 0 Å². The summed E-state index contributed by atoms with van der Waals surface area (Å²) in [5, 5.41) is 8.53. The van der Waals surface area contributed by atoms with Crippen molar-refractivity contribution in [1.82, 2.24) is 4.90 Å². The molecule has 1 N–H and O–H groups in total. The molecule has 80 valence electrons. The number of halogens is 3. The van der Waals surface area contributed by atoms with E-state index in [1.807, 2.05) is 0 Å². The number of alkyl halides is 3. The summed E-state index contributed by atoms with van der Waals surface area (Å²) in [5.41, 5.74) is 0. The van der Waals surface area contributed by atoms with Gasteiger partial charge < -0.3 is 10.0 Å². The summed E-state index contributed by atoms with van der Waals surface area (Å²) in [6, 6.07) is -1.34. The van der Waals surface area contributed by atoms with Crippen molar-refractivity contribution in [2.75, 3.05) is 6.54 Å². The highest BCUT2D eigenvalue weighted by molar-refractivity contribution is 5.88. The zero-order valence-electron chi connectivity index (χ0n) is 7.21. The molecule has 0 bridgehead atoms. The lowest BCUT2D eigenvalue weighted by atomic mass is 9.90. The normalized spacial score (nSPS) is 27.0. The fraction of sp³-hybridized carbons (Fsp3) is 0.714. The number of likely N-dealkylation sites (tertiary alicyclic amines) is 1. The monoisotopic (exact) mass is 211 g/mol. The maximum absolute atomic E-state index is 11.9. The molecule has 1 aliphatic heterocycles. The van der Waals surface area contributed by atoms with E-state index in [2.05, 4.69) is 0 Å². The molecule has 0 spiro atoms. The van der Waals surface area contributed by atoms with E-state index in [9.17, 15) is 22.8 Å². The molecule has 2 unspecified atom stereocenters. The quantitative estimate of drug-likeness (QED) is 0.686. The van der Waals surface area contributed by atoms with Crippen molar-refractivity contribution in [3.63, 3.8) is 0 Å². The van der Waals surface area contributed by atoms with Crippen LogP contribution >= 0.6 is 0 Å². The van der Waals surface area contributed by atoms with E-state index in [-0.39, 0.29) is 6.54 Å². The van der Waals surface area contributed by atoms with E-state index >= 15 is 0 Å². The second-order valence-corrected chi connectivity index (χ2v) is 3.22. The molecule has 1 saturated heterocycles. The minimum atomic E-state index is -4.99. The van der Waals surface area contributed by atoms with E-state index in [0.29, 0.717) is 4.90 Å². The SMILES string of the molecule is CC1CN(C(=O)C(F)(F)F)C1C(=O)O. The van der Waals surface area contributed by atoms with Crippen molar-refractivity contribution in [3.05, 3.63) is 0 Å². The number of nitrogens with zero attached hydrogens (tertiary/aromatic N) is 1. The van der Waals surface area contributed by atoms with Gasteiger partial charge in [-0.05, 0) is 0 Å². The minimum absolute atomic E-state index is 0.157. The molecule has 1 rings (SSSR count). The molecule has 1 fully saturated rings. The second-order valence-electron chi connectivity index (χ2n) is 3.22. The highest BCUT2D eigenvalue weighted by Crippen LogP contribution is 2.30. The zero-order chi connectivity index (χ0) is 11.1. The topological polar surface area (TPSA) is 57.6 Å². The Hall–Kier alpha value is -1.27. The summed E-state index contributed by atoms with van der Waals surface area (Å²) < 4.78 is 35.7. The van der Waals surface area contributed by atoms with Gasteiger partial charge >= 0.3 is 18.1 Å². The average Bonchev–Trinajstić information content (AvgIpc) is 1.95. The third-order valence-electron chi connectivity index (χ3n) is 2.12. The number of rotatable bonds is 1.